The minimum atomic E-state index is -0.120. The zero-order chi connectivity index (χ0) is 22.9. The molecule has 0 unspecified atom stereocenters. The summed E-state index contributed by atoms with van der Waals surface area (Å²) in [6.45, 7) is 4.13. The van der Waals surface area contributed by atoms with Crippen LogP contribution in [0.1, 0.15) is 34.3 Å². The van der Waals surface area contributed by atoms with Crippen LogP contribution in [-0.2, 0) is 13.1 Å². The largest absolute Gasteiger partial charge is 0.356 e. The van der Waals surface area contributed by atoms with Crippen LogP contribution in [-0.4, -0.2) is 62.4 Å². The molecule has 1 aliphatic heterocycles. The van der Waals surface area contributed by atoms with Crippen molar-refractivity contribution in [2.45, 2.75) is 25.9 Å². The van der Waals surface area contributed by atoms with Crippen molar-refractivity contribution in [2.24, 2.45) is 10.9 Å². The number of benzene rings is 2. The molecule has 0 aliphatic carbocycles. The van der Waals surface area contributed by atoms with E-state index in [-0.39, 0.29) is 11.7 Å². The number of amides is 1. The molecular formula is C25H34FN5O. The highest BCUT2D eigenvalue weighted by Gasteiger charge is 2.20. The van der Waals surface area contributed by atoms with Crippen molar-refractivity contribution in [3.05, 3.63) is 71.0 Å². The number of likely N-dealkylation sites (tertiary alicyclic amines) is 1. The summed E-state index contributed by atoms with van der Waals surface area (Å²) in [6, 6.07) is 14.7. The SMILES string of the molecule is CN=C(NCc1ccc(C(=O)N(C)C)cc1)NCC1CCN(Cc2ccccc2F)CC1. The third kappa shape index (κ3) is 6.79. The molecule has 0 atom stereocenters. The first-order chi connectivity index (χ1) is 15.5. The molecule has 0 saturated carbocycles. The standard InChI is InChI=1S/C25H34FN5O/c1-27-25(28-16-19-8-10-21(11-9-19)24(32)30(2)3)29-17-20-12-14-31(15-13-20)18-22-6-4-5-7-23(22)26/h4-11,20H,12-18H2,1-3H3,(H2,27,28,29). The molecule has 1 aliphatic rings. The van der Waals surface area contributed by atoms with Gasteiger partial charge in [0.25, 0.3) is 5.91 Å². The lowest BCUT2D eigenvalue weighted by atomic mass is 9.96. The number of nitrogens with zero attached hydrogens (tertiary/aromatic N) is 3. The van der Waals surface area contributed by atoms with Gasteiger partial charge >= 0.3 is 0 Å². The van der Waals surface area contributed by atoms with Gasteiger partial charge in [-0.3, -0.25) is 14.7 Å². The maximum atomic E-state index is 13.9. The summed E-state index contributed by atoms with van der Waals surface area (Å²) in [6.07, 6.45) is 2.17. The molecular weight excluding hydrogens is 405 g/mol. The number of hydrogen-bond donors (Lipinski definition) is 2. The molecule has 2 N–H and O–H groups in total. The summed E-state index contributed by atoms with van der Waals surface area (Å²) < 4.78 is 13.9. The van der Waals surface area contributed by atoms with E-state index in [0.717, 1.165) is 49.6 Å². The molecule has 32 heavy (non-hydrogen) atoms. The van der Waals surface area contributed by atoms with E-state index >= 15 is 0 Å². The number of halogens is 1. The van der Waals surface area contributed by atoms with Gasteiger partial charge in [-0.1, -0.05) is 30.3 Å². The van der Waals surface area contributed by atoms with Gasteiger partial charge in [-0.2, -0.15) is 0 Å². The first-order valence-corrected chi connectivity index (χ1v) is 11.2. The summed E-state index contributed by atoms with van der Waals surface area (Å²) in [5.74, 6) is 1.22. The van der Waals surface area contributed by atoms with Crippen LogP contribution in [0.2, 0.25) is 0 Å². The number of carbonyl (C=O) groups excluding carboxylic acids is 1. The molecule has 3 rings (SSSR count). The van der Waals surface area contributed by atoms with Crippen LogP contribution < -0.4 is 10.6 Å². The van der Waals surface area contributed by atoms with Crippen molar-refractivity contribution in [3.63, 3.8) is 0 Å². The molecule has 0 spiro atoms. The second kappa shape index (κ2) is 11.6. The second-order valence-electron chi connectivity index (χ2n) is 8.51. The van der Waals surface area contributed by atoms with Gasteiger partial charge in [0.1, 0.15) is 5.82 Å². The molecule has 1 heterocycles. The lowest BCUT2D eigenvalue weighted by Gasteiger charge is -2.32. The minimum Gasteiger partial charge on any atom is -0.356 e. The van der Waals surface area contributed by atoms with Crippen molar-refractivity contribution in [1.82, 2.24) is 20.4 Å². The molecule has 2 aromatic carbocycles. The number of carbonyl (C=O) groups is 1. The Hall–Kier alpha value is -2.93. The van der Waals surface area contributed by atoms with E-state index < -0.39 is 0 Å². The van der Waals surface area contributed by atoms with Gasteiger partial charge in [-0.15, -0.1) is 0 Å². The number of nitrogens with one attached hydrogen (secondary N) is 2. The monoisotopic (exact) mass is 439 g/mol. The Balaban J connectivity index is 1.39. The van der Waals surface area contributed by atoms with Crippen molar-refractivity contribution in [2.75, 3.05) is 40.8 Å². The first kappa shape index (κ1) is 23.7. The highest BCUT2D eigenvalue weighted by atomic mass is 19.1. The topological polar surface area (TPSA) is 60.0 Å². The number of rotatable bonds is 7. The fourth-order valence-corrected chi connectivity index (χ4v) is 3.89. The Morgan fingerprint density at radius 2 is 1.78 bits per heavy atom. The molecule has 172 valence electrons. The van der Waals surface area contributed by atoms with Crippen molar-refractivity contribution in [3.8, 4) is 0 Å². The third-order valence-electron chi connectivity index (χ3n) is 5.91. The normalized spacial score (nSPS) is 15.4. The predicted octanol–water partition coefficient (Wildman–Crippen LogP) is 3.10. The molecule has 0 bridgehead atoms. The number of piperidine rings is 1. The first-order valence-electron chi connectivity index (χ1n) is 11.2. The molecule has 7 heteroatoms. The van der Waals surface area contributed by atoms with Crippen LogP contribution in [0.15, 0.2) is 53.5 Å². The maximum Gasteiger partial charge on any atom is 0.253 e. The van der Waals surface area contributed by atoms with E-state index in [1.807, 2.05) is 36.4 Å². The Morgan fingerprint density at radius 1 is 1.09 bits per heavy atom. The molecule has 6 nitrogen and oxygen atoms in total. The number of guanidine groups is 1. The van der Waals surface area contributed by atoms with E-state index in [0.29, 0.717) is 24.6 Å². The Kier molecular flexibility index (Phi) is 8.62. The van der Waals surface area contributed by atoms with Gasteiger partial charge in [-0.25, -0.2) is 4.39 Å². The Morgan fingerprint density at radius 3 is 2.41 bits per heavy atom. The fourth-order valence-electron chi connectivity index (χ4n) is 3.89. The highest BCUT2D eigenvalue weighted by Crippen LogP contribution is 2.19. The molecule has 0 radical (unpaired) electrons. The number of hydrogen-bond acceptors (Lipinski definition) is 3. The van der Waals surface area contributed by atoms with E-state index in [2.05, 4.69) is 20.5 Å². The van der Waals surface area contributed by atoms with E-state index in [1.165, 1.54) is 6.07 Å². The van der Waals surface area contributed by atoms with E-state index in [4.69, 9.17) is 0 Å². The quantitative estimate of drug-likeness (QED) is 0.514. The van der Waals surface area contributed by atoms with Crippen LogP contribution >= 0.6 is 0 Å². The van der Waals surface area contributed by atoms with Crippen molar-refractivity contribution >= 4 is 11.9 Å². The van der Waals surface area contributed by atoms with Crippen LogP contribution in [0.3, 0.4) is 0 Å². The molecule has 1 fully saturated rings. The zero-order valence-corrected chi connectivity index (χ0v) is 19.3. The third-order valence-corrected chi connectivity index (χ3v) is 5.91. The van der Waals surface area contributed by atoms with Gasteiger partial charge in [0.15, 0.2) is 5.96 Å². The van der Waals surface area contributed by atoms with Crippen LogP contribution in [0, 0.1) is 11.7 Å². The molecule has 1 amide bonds. The van der Waals surface area contributed by atoms with Gasteiger partial charge in [0.2, 0.25) is 0 Å². The number of aliphatic imine (C=N–C) groups is 1. The van der Waals surface area contributed by atoms with Gasteiger partial charge < -0.3 is 15.5 Å². The van der Waals surface area contributed by atoms with Crippen molar-refractivity contribution < 1.29 is 9.18 Å². The van der Waals surface area contributed by atoms with E-state index in [1.54, 1.807) is 32.1 Å². The summed E-state index contributed by atoms with van der Waals surface area (Å²) in [5.41, 5.74) is 2.54. The maximum absolute atomic E-state index is 13.9. The lowest BCUT2D eigenvalue weighted by molar-refractivity contribution is 0.0827. The zero-order valence-electron chi connectivity index (χ0n) is 19.3. The fraction of sp³-hybridized carbons (Fsp3) is 0.440. The van der Waals surface area contributed by atoms with Gasteiger partial charge in [0, 0.05) is 51.9 Å². The van der Waals surface area contributed by atoms with Crippen molar-refractivity contribution in [1.29, 1.82) is 0 Å². The van der Waals surface area contributed by atoms with Crippen LogP contribution in [0.25, 0.3) is 0 Å². The second-order valence-corrected chi connectivity index (χ2v) is 8.51. The van der Waals surface area contributed by atoms with Gasteiger partial charge in [-0.05, 0) is 55.6 Å². The summed E-state index contributed by atoms with van der Waals surface area (Å²) >= 11 is 0. The highest BCUT2D eigenvalue weighted by molar-refractivity contribution is 5.93. The molecule has 0 aromatic heterocycles. The average molecular weight is 440 g/mol. The van der Waals surface area contributed by atoms with Gasteiger partial charge in [0.05, 0.1) is 0 Å². The predicted molar refractivity (Wildman–Crippen MR) is 127 cm³/mol. The minimum absolute atomic E-state index is 0.00179. The summed E-state index contributed by atoms with van der Waals surface area (Å²) in [5, 5.41) is 6.76. The summed E-state index contributed by atoms with van der Waals surface area (Å²) in [4.78, 5) is 20.2. The summed E-state index contributed by atoms with van der Waals surface area (Å²) in [7, 11) is 5.27. The Labute approximate surface area is 190 Å². The van der Waals surface area contributed by atoms with E-state index in [9.17, 15) is 9.18 Å². The van der Waals surface area contributed by atoms with Crippen LogP contribution in [0.4, 0.5) is 4.39 Å². The van der Waals surface area contributed by atoms with Crippen LogP contribution in [0.5, 0.6) is 0 Å². The smallest absolute Gasteiger partial charge is 0.253 e. The molecule has 2 aromatic rings. The Bertz CT molecular complexity index is 905. The average Bonchev–Trinajstić information content (AvgIpc) is 2.81. The molecule has 1 saturated heterocycles. The lowest BCUT2D eigenvalue weighted by Crippen LogP contribution is -2.42.